The number of hydrogen-bond acceptors (Lipinski definition) is 3. The number of nitrogens with zero attached hydrogens (tertiary/aromatic N) is 1. The zero-order chi connectivity index (χ0) is 15.0. The van der Waals surface area contributed by atoms with Crippen LogP contribution >= 0.6 is 0 Å². The molecule has 2 aromatic carbocycles. The molecular weight excluding hydrogens is 262 g/mol. The van der Waals surface area contributed by atoms with Gasteiger partial charge < -0.3 is 10.2 Å². The Balaban J connectivity index is 1.91. The lowest BCUT2D eigenvalue weighted by Crippen LogP contribution is -2.26. The highest BCUT2D eigenvalue weighted by Gasteiger charge is 2.30. The maximum Gasteiger partial charge on any atom is 0.124 e. The molecule has 110 valence electrons. The standard InChI is InChI=1S/C18H21NO2/c1-12(18-16(20)8-5-9-17(18)21)19(2)15-11-10-13-6-3-4-7-14(13)15/h3-9,12,15,20-21H,10-11H2,1-2H3. The van der Waals surface area contributed by atoms with Crippen LogP contribution in [0.15, 0.2) is 42.5 Å². The van der Waals surface area contributed by atoms with Gasteiger partial charge in [0.25, 0.3) is 0 Å². The van der Waals surface area contributed by atoms with Crippen molar-refractivity contribution in [2.75, 3.05) is 7.05 Å². The van der Waals surface area contributed by atoms with E-state index in [0.29, 0.717) is 11.6 Å². The Morgan fingerprint density at radius 1 is 1.05 bits per heavy atom. The van der Waals surface area contributed by atoms with Gasteiger partial charge in [-0.05, 0) is 50.1 Å². The normalized spacial score (nSPS) is 18.7. The molecule has 0 spiro atoms. The Bertz CT molecular complexity index is 633. The van der Waals surface area contributed by atoms with E-state index in [9.17, 15) is 10.2 Å². The smallest absolute Gasteiger partial charge is 0.124 e. The molecule has 2 atom stereocenters. The summed E-state index contributed by atoms with van der Waals surface area (Å²) in [5.41, 5.74) is 3.37. The van der Waals surface area contributed by atoms with Crippen molar-refractivity contribution in [3.8, 4) is 11.5 Å². The summed E-state index contributed by atoms with van der Waals surface area (Å²) in [6.07, 6.45) is 2.17. The second-order valence-corrected chi connectivity index (χ2v) is 5.80. The van der Waals surface area contributed by atoms with Gasteiger partial charge in [-0.1, -0.05) is 30.3 Å². The summed E-state index contributed by atoms with van der Waals surface area (Å²) < 4.78 is 0. The third kappa shape index (κ3) is 2.38. The third-order valence-electron chi connectivity index (χ3n) is 4.68. The first-order chi connectivity index (χ1) is 10.1. The average molecular weight is 283 g/mol. The molecule has 0 saturated heterocycles. The van der Waals surface area contributed by atoms with Crippen molar-refractivity contribution in [1.82, 2.24) is 4.90 Å². The Kier molecular flexibility index (Phi) is 3.60. The van der Waals surface area contributed by atoms with Crippen LogP contribution in [0.5, 0.6) is 11.5 Å². The first-order valence-corrected chi connectivity index (χ1v) is 7.40. The topological polar surface area (TPSA) is 43.7 Å². The highest BCUT2D eigenvalue weighted by molar-refractivity contribution is 5.45. The molecule has 2 N–H and O–H groups in total. The van der Waals surface area contributed by atoms with E-state index in [1.54, 1.807) is 18.2 Å². The van der Waals surface area contributed by atoms with E-state index < -0.39 is 0 Å². The number of rotatable bonds is 3. The van der Waals surface area contributed by atoms with Gasteiger partial charge in [-0.3, -0.25) is 4.90 Å². The van der Waals surface area contributed by atoms with Crippen molar-refractivity contribution in [2.45, 2.75) is 31.8 Å². The summed E-state index contributed by atoms with van der Waals surface area (Å²) in [6.45, 7) is 2.02. The zero-order valence-corrected chi connectivity index (χ0v) is 12.5. The molecule has 3 nitrogen and oxygen atoms in total. The van der Waals surface area contributed by atoms with Gasteiger partial charge in [0.15, 0.2) is 0 Å². The van der Waals surface area contributed by atoms with Gasteiger partial charge in [-0.2, -0.15) is 0 Å². The summed E-state index contributed by atoms with van der Waals surface area (Å²) in [5, 5.41) is 20.1. The highest BCUT2D eigenvalue weighted by Crippen LogP contribution is 2.42. The quantitative estimate of drug-likeness (QED) is 0.901. The SMILES string of the molecule is CC(c1c(O)cccc1O)N(C)C1CCc2ccccc21. The molecule has 1 aliphatic rings. The number of benzene rings is 2. The lowest BCUT2D eigenvalue weighted by molar-refractivity contribution is 0.180. The fraction of sp³-hybridized carbons (Fsp3) is 0.333. The van der Waals surface area contributed by atoms with Gasteiger partial charge in [-0.25, -0.2) is 0 Å². The molecule has 0 radical (unpaired) electrons. The van der Waals surface area contributed by atoms with E-state index in [0.717, 1.165) is 12.8 Å². The van der Waals surface area contributed by atoms with E-state index >= 15 is 0 Å². The number of phenolic OH excluding ortho intramolecular Hbond substituents is 2. The molecular formula is C18H21NO2. The van der Waals surface area contributed by atoms with E-state index in [1.165, 1.54) is 11.1 Å². The van der Waals surface area contributed by atoms with Gasteiger partial charge in [-0.15, -0.1) is 0 Å². The first-order valence-electron chi connectivity index (χ1n) is 7.40. The van der Waals surface area contributed by atoms with Crippen molar-refractivity contribution >= 4 is 0 Å². The van der Waals surface area contributed by atoms with Gasteiger partial charge in [0, 0.05) is 12.1 Å². The number of hydrogen-bond donors (Lipinski definition) is 2. The van der Waals surface area contributed by atoms with Gasteiger partial charge in [0.1, 0.15) is 11.5 Å². The monoisotopic (exact) mass is 283 g/mol. The minimum absolute atomic E-state index is 0.0534. The van der Waals surface area contributed by atoms with Crippen LogP contribution in [0, 0.1) is 0 Å². The number of phenols is 2. The van der Waals surface area contributed by atoms with Crippen molar-refractivity contribution < 1.29 is 10.2 Å². The Morgan fingerprint density at radius 3 is 2.43 bits per heavy atom. The predicted octanol–water partition coefficient (Wildman–Crippen LogP) is 3.78. The van der Waals surface area contributed by atoms with Crippen LogP contribution in [0.2, 0.25) is 0 Å². The summed E-state index contributed by atoms with van der Waals surface area (Å²) >= 11 is 0. The first kappa shape index (κ1) is 14.0. The summed E-state index contributed by atoms with van der Waals surface area (Å²) in [5.74, 6) is 0.307. The van der Waals surface area contributed by atoms with Crippen LogP contribution in [0.3, 0.4) is 0 Å². The van der Waals surface area contributed by atoms with Crippen LogP contribution in [-0.4, -0.2) is 22.2 Å². The molecule has 0 amide bonds. The van der Waals surface area contributed by atoms with Gasteiger partial charge >= 0.3 is 0 Å². The van der Waals surface area contributed by atoms with Gasteiger partial charge in [0.05, 0.1) is 5.56 Å². The van der Waals surface area contributed by atoms with E-state index in [2.05, 4.69) is 36.2 Å². The average Bonchev–Trinajstić information content (AvgIpc) is 2.90. The fourth-order valence-electron chi connectivity index (χ4n) is 3.40. The largest absolute Gasteiger partial charge is 0.507 e. The zero-order valence-electron chi connectivity index (χ0n) is 12.5. The Hall–Kier alpha value is -2.00. The lowest BCUT2D eigenvalue weighted by atomic mass is 10.0. The molecule has 0 saturated carbocycles. The fourth-order valence-corrected chi connectivity index (χ4v) is 3.40. The number of aromatic hydroxyl groups is 2. The third-order valence-corrected chi connectivity index (χ3v) is 4.68. The molecule has 3 heteroatoms. The highest BCUT2D eigenvalue weighted by atomic mass is 16.3. The minimum atomic E-state index is -0.0534. The predicted molar refractivity (Wildman–Crippen MR) is 83.5 cm³/mol. The van der Waals surface area contributed by atoms with Crippen LogP contribution in [0.4, 0.5) is 0 Å². The maximum atomic E-state index is 10.1. The van der Waals surface area contributed by atoms with Crippen molar-refractivity contribution in [2.24, 2.45) is 0 Å². The Labute approximate surface area is 125 Å². The second kappa shape index (κ2) is 5.41. The molecule has 0 aliphatic heterocycles. The summed E-state index contributed by atoms with van der Waals surface area (Å²) in [7, 11) is 2.06. The second-order valence-electron chi connectivity index (χ2n) is 5.80. The van der Waals surface area contributed by atoms with E-state index in [-0.39, 0.29) is 17.5 Å². The number of fused-ring (bicyclic) bond motifs is 1. The Morgan fingerprint density at radius 2 is 1.71 bits per heavy atom. The lowest BCUT2D eigenvalue weighted by Gasteiger charge is -2.32. The molecule has 0 bridgehead atoms. The van der Waals surface area contributed by atoms with Crippen LogP contribution in [-0.2, 0) is 6.42 Å². The molecule has 2 unspecified atom stereocenters. The molecule has 0 fully saturated rings. The van der Waals surface area contributed by atoms with Crippen molar-refractivity contribution in [1.29, 1.82) is 0 Å². The molecule has 3 rings (SSSR count). The number of aryl methyl sites for hydroxylation is 1. The summed E-state index contributed by atoms with van der Waals surface area (Å²) in [6, 6.07) is 13.7. The van der Waals surface area contributed by atoms with Crippen molar-refractivity contribution in [3.05, 3.63) is 59.2 Å². The van der Waals surface area contributed by atoms with Crippen LogP contribution in [0.25, 0.3) is 0 Å². The van der Waals surface area contributed by atoms with Crippen molar-refractivity contribution in [3.63, 3.8) is 0 Å². The molecule has 21 heavy (non-hydrogen) atoms. The minimum Gasteiger partial charge on any atom is -0.507 e. The molecule has 0 heterocycles. The molecule has 2 aromatic rings. The summed E-state index contributed by atoms with van der Waals surface area (Å²) in [4.78, 5) is 2.24. The van der Waals surface area contributed by atoms with E-state index in [1.807, 2.05) is 6.92 Å². The van der Waals surface area contributed by atoms with Gasteiger partial charge in [0.2, 0.25) is 0 Å². The van der Waals surface area contributed by atoms with Crippen LogP contribution in [0.1, 0.15) is 42.1 Å². The maximum absolute atomic E-state index is 10.1. The molecule has 0 aromatic heterocycles. The van der Waals surface area contributed by atoms with Crippen LogP contribution < -0.4 is 0 Å². The molecule has 1 aliphatic carbocycles. The van der Waals surface area contributed by atoms with E-state index in [4.69, 9.17) is 0 Å².